The Morgan fingerprint density at radius 1 is 0.902 bits per heavy atom. The topological polar surface area (TPSA) is 43.5 Å². The Labute approximate surface area is 262 Å². The zero-order valence-corrected chi connectivity index (χ0v) is 27.3. The molecule has 0 atom stereocenters. The predicted molar refractivity (Wildman–Crippen MR) is 166 cm³/mol. The first-order valence-electron chi connectivity index (χ1n) is 14.3. The van der Waals surface area contributed by atoms with Crippen molar-refractivity contribution in [1.82, 2.24) is 0 Å². The summed E-state index contributed by atoms with van der Waals surface area (Å²) in [5.41, 5.74) is 9.33. The Morgan fingerprint density at radius 2 is 1.54 bits per heavy atom. The molecule has 2 aromatic carbocycles. The molecule has 5 heteroatoms. The van der Waals surface area contributed by atoms with Crippen molar-refractivity contribution in [2.45, 2.75) is 65.2 Å². The van der Waals surface area contributed by atoms with E-state index in [-0.39, 0.29) is 46.3 Å². The minimum Gasteiger partial charge on any atom is -1.00 e. The van der Waals surface area contributed by atoms with E-state index >= 15 is 0 Å². The van der Waals surface area contributed by atoms with Crippen molar-refractivity contribution >= 4 is 22.9 Å². The number of carbonyl (C=O) groups is 1. The van der Waals surface area contributed by atoms with Crippen LogP contribution in [0.2, 0.25) is 0 Å². The van der Waals surface area contributed by atoms with Crippen molar-refractivity contribution in [1.29, 1.82) is 0 Å². The van der Waals surface area contributed by atoms with Gasteiger partial charge in [0.05, 0.1) is 16.6 Å². The third-order valence-corrected chi connectivity index (χ3v) is 8.92. The molecular formula is C36H41IN2O2. The van der Waals surface area contributed by atoms with E-state index in [1.54, 1.807) is 0 Å². The van der Waals surface area contributed by atoms with Crippen molar-refractivity contribution in [3.8, 4) is 0 Å². The minimum atomic E-state index is -0.320. The number of anilines is 1. The van der Waals surface area contributed by atoms with Crippen molar-refractivity contribution in [3.63, 3.8) is 0 Å². The maximum Gasteiger partial charge on any atom is 0.210 e. The van der Waals surface area contributed by atoms with Crippen LogP contribution < -0.4 is 28.9 Å². The van der Waals surface area contributed by atoms with Crippen molar-refractivity contribution in [2.24, 2.45) is 0 Å². The van der Waals surface area contributed by atoms with E-state index in [2.05, 4.69) is 101 Å². The molecule has 1 aliphatic carbocycles. The summed E-state index contributed by atoms with van der Waals surface area (Å²) in [4.78, 5) is 15.8. The highest BCUT2D eigenvalue weighted by Gasteiger charge is 2.47. The standard InChI is InChI=1S/C36H40N2O2.HI/c1-9-17-37-29-19-23(11-3)13-15-27(29)35(5,6)31(37)21-25-33(39)26(34(25)40)22-32-36(7,8)28-16-14-24(12-4)20-30(28)38(32)18-10-2;/h9-10,13-16,19-22H,1-2,11-12,17-18H2,3-8H3;1H. The highest BCUT2D eigenvalue weighted by Crippen LogP contribution is 2.49. The zero-order valence-electron chi connectivity index (χ0n) is 25.1. The number of aliphatic hydroxyl groups excluding tert-OH is 1. The highest BCUT2D eigenvalue weighted by molar-refractivity contribution is 6.24. The Morgan fingerprint density at radius 3 is 2.12 bits per heavy atom. The molecule has 0 radical (unpaired) electrons. The van der Waals surface area contributed by atoms with Crippen LogP contribution in [-0.4, -0.2) is 34.3 Å². The zero-order chi connectivity index (χ0) is 29.0. The molecule has 0 fully saturated rings. The van der Waals surface area contributed by atoms with Gasteiger partial charge in [-0.25, -0.2) is 0 Å². The van der Waals surface area contributed by atoms with Gasteiger partial charge in [0.15, 0.2) is 12.3 Å². The average molecular weight is 661 g/mol. The van der Waals surface area contributed by atoms with Gasteiger partial charge in [-0.2, -0.15) is 4.58 Å². The SMILES string of the molecule is C=CCN1/C(=C/C2=C(O)C(=C\C3=[N+](CC=C)c4cc(CC)ccc4C3(C)C)/C2=O)C(C)(C)c2ccc(CC)cc21.[I-]. The number of benzene rings is 2. The van der Waals surface area contributed by atoms with E-state index in [1.165, 1.54) is 22.3 Å². The van der Waals surface area contributed by atoms with Crippen molar-refractivity contribution in [3.05, 3.63) is 119 Å². The summed E-state index contributed by atoms with van der Waals surface area (Å²) in [6.45, 7) is 22.2. The van der Waals surface area contributed by atoms with Crippen LogP contribution in [0.5, 0.6) is 0 Å². The van der Waals surface area contributed by atoms with E-state index in [0.29, 0.717) is 24.2 Å². The molecule has 41 heavy (non-hydrogen) atoms. The molecule has 0 saturated heterocycles. The number of hydrogen-bond acceptors (Lipinski definition) is 3. The molecule has 0 unspecified atom stereocenters. The summed E-state index contributed by atoms with van der Waals surface area (Å²) < 4.78 is 2.22. The van der Waals surface area contributed by atoms with Crippen LogP contribution in [0.15, 0.2) is 96.5 Å². The van der Waals surface area contributed by atoms with E-state index in [0.717, 1.165) is 35.6 Å². The molecule has 214 valence electrons. The van der Waals surface area contributed by atoms with Crippen LogP contribution >= 0.6 is 0 Å². The number of carbonyl (C=O) groups excluding carboxylic acids is 1. The molecule has 0 saturated carbocycles. The first kappa shape index (κ1) is 30.8. The Hall–Kier alpha value is -3.19. The number of halogens is 1. The number of aliphatic hydroxyl groups is 1. The summed E-state index contributed by atoms with van der Waals surface area (Å²) in [5.74, 6) is -0.0688. The van der Waals surface area contributed by atoms with Crippen molar-refractivity contribution < 1.29 is 38.5 Å². The smallest absolute Gasteiger partial charge is 0.210 e. The van der Waals surface area contributed by atoms with Gasteiger partial charge in [0.1, 0.15) is 5.76 Å². The summed E-state index contributed by atoms with van der Waals surface area (Å²) in [6.07, 6.45) is 9.45. The first-order valence-corrected chi connectivity index (χ1v) is 14.3. The summed E-state index contributed by atoms with van der Waals surface area (Å²) >= 11 is 0. The first-order chi connectivity index (χ1) is 19.0. The fourth-order valence-corrected chi connectivity index (χ4v) is 6.46. The third kappa shape index (κ3) is 4.76. The molecule has 0 amide bonds. The van der Waals surface area contributed by atoms with Crippen LogP contribution in [0.1, 0.15) is 63.8 Å². The van der Waals surface area contributed by atoms with Gasteiger partial charge in [-0.05, 0) is 61.6 Å². The normalized spacial score (nSPS) is 20.2. The number of allylic oxidation sites excluding steroid dienone is 5. The third-order valence-electron chi connectivity index (χ3n) is 8.92. The number of fused-ring (bicyclic) bond motifs is 2. The molecule has 2 heterocycles. The molecule has 0 spiro atoms. The van der Waals surface area contributed by atoms with Crippen LogP contribution in [0.25, 0.3) is 0 Å². The molecule has 4 nitrogen and oxygen atoms in total. The fraction of sp³-hybridized carbons (Fsp3) is 0.333. The fourth-order valence-electron chi connectivity index (χ4n) is 6.46. The summed E-state index contributed by atoms with van der Waals surface area (Å²) in [6, 6.07) is 13.2. The monoisotopic (exact) mass is 660 g/mol. The second-order valence-electron chi connectivity index (χ2n) is 12.0. The Kier molecular flexibility index (Phi) is 8.43. The van der Waals surface area contributed by atoms with Gasteiger partial charge in [-0.3, -0.25) is 4.79 Å². The van der Waals surface area contributed by atoms with Gasteiger partial charge >= 0.3 is 0 Å². The molecule has 2 aromatic rings. The van der Waals surface area contributed by atoms with Gasteiger partial charge in [0.25, 0.3) is 0 Å². The second-order valence-corrected chi connectivity index (χ2v) is 12.0. The number of ketones is 1. The highest BCUT2D eigenvalue weighted by atomic mass is 127. The number of rotatable bonds is 8. The lowest BCUT2D eigenvalue weighted by atomic mass is 9.77. The average Bonchev–Trinajstić information content (AvgIpc) is 3.28. The van der Waals surface area contributed by atoms with E-state index < -0.39 is 0 Å². The lowest BCUT2D eigenvalue weighted by Gasteiger charge is -2.28. The molecule has 5 rings (SSSR count). The molecular weight excluding hydrogens is 619 g/mol. The van der Waals surface area contributed by atoms with E-state index in [1.807, 2.05) is 24.3 Å². The Balaban J connectivity index is 0.00000387. The summed E-state index contributed by atoms with van der Waals surface area (Å²) in [5, 5.41) is 11.3. The quantitative estimate of drug-likeness (QED) is 0.196. The lowest BCUT2D eigenvalue weighted by Crippen LogP contribution is -3.00. The maximum absolute atomic E-state index is 13.6. The van der Waals surface area contributed by atoms with Crippen molar-refractivity contribution in [2.75, 3.05) is 18.0 Å². The maximum atomic E-state index is 13.6. The van der Waals surface area contributed by atoms with Gasteiger partial charge in [0, 0.05) is 41.1 Å². The number of Topliss-reactive ketones (excluding diaryl/α,β-unsaturated/α-hetero) is 1. The molecule has 3 aliphatic rings. The number of hydrogen-bond donors (Lipinski definition) is 1. The van der Waals surface area contributed by atoms with Gasteiger partial charge in [0.2, 0.25) is 11.5 Å². The molecule has 0 aromatic heterocycles. The number of nitrogens with zero attached hydrogens (tertiary/aromatic N) is 2. The molecule has 2 aliphatic heterocycles. The molecule has 1 N–H and O–H groups in total. The largest absolute Gasteiger partial charge is 1.00 e. The summed E-state index contributed by atoms with van der Waals surface area (Å²) in [7, 11) is 0. The van der Waals surface area contributed by atoms with Gasteiger partial charge in [-0.15, -0.1) is 6.58 Å². The minimum absolute atomic E-state index is 0. The van der Waals surface area contributed by atoms with E-state index in [9.17, 15) is 9.90 Å². The lowest BCUT2D eigenvalue weighted by molar-refractivity contribution is -0.425. The second kappa shape index (κ2) is 11.2. The molecule has 0 bridgehead atoms. The van der Waals surface area contributed by atoms with Crippen LogP contribution in [0.3, 0.4) is 0 Å². The van der Waals surface area contributed by atoms with Gasteiger partial charge in [-0.1, -0.05) is 64.6 Å². The van der Waals surface area contributed by atoms with Crippen LogP contribution in [0.4, 0.5) is 11.4 Å². The van der Waals surface area contributed by atoms with Crippen LogP contribution in [0, 0.1) is 0 Å². The van der Waals surface area contributed by atoms with Gasteiger partial charge < -0.3 is 34.0 Å². The van der Waals surface area contributed by atoms with Crippen LogP contribution in [-0.2, 0) is 28.5 Å². The predicted octanol–water partition coefficient (Wildman–Crippen LogP) is 4.57. The Bertz CT molecular complexity index is 1580. The number of aryl methyl sites for hydroxylation is 2. The van der Waals surface area contributed by atoms with E-state index in [4.69, 9.17) is 0 Å².